The topological polar surface area (TPSA) is 64.3 Å². The van der Waals surface area contributed by atoms with E-state index < -0.39 is 0 Å². The molecule has 5 heteroatoms. The molecule has 2 atom stereocenters. The van der Waals surface area contributed by atoms with Gasteiger partial charge in [-0.15, -0.1) is 0 Å². The van der Waals surface area contributed by atoms with Gasteiger partial charge in [0, 0.05) is 12.6 Å². The third-order valence-electron chi connectivity index (χ3n) is 3.25. The van der Waals surface area contributed by atoms with Gasteiger partial charge in [0.05, 0.1) is 18.5 Å². The first-order chi connectivity index (χ1) is 8.60. The predicted molar refractivity (Wildman–Crippen MR) is 71.8 cm³/mol. The number of hydrogen-bond acceptors (Lipinski definition) is 5. The van der Waals surface area contributed by atoms with Crippen LogP contribution in [0.3, 0.4) is 0 Å². The van der Waals surface area contributed by atoms with Crippen molar-refractivity contribution in [3.05, 3.63) is 12.4 Å². The molecule has 1 aliphatic rings. The average Bonchev–Trinajstić information content (AvgIpc) is 2.70. The Morgan fingerprint density at radius 3 is 2.89 bits per heavy atom. The number of rotatable bonds is 4. The van der Waals surface area contributed by atoms with Crippen LogP contribution in [0, 0.1) is 5.92 Å². The Bertz CT molecular complexity index is 396. The molecule has 0 aliphatic carbocycles. The first-order valence-corrected chi connectivity index (χ1v) is 6.55. The molecular formula is C13H22N4O. The second-order valence-corrected chi connectivity index (χ2v) is 5.22. The molecule has 2 rings (SSSR count). The van der Waals surface area contributed by atoms with Crippen LogP contribution < -0.4 is 15.4 Å². The van der Waals surface area contributed by atoms with E-state index in [0.717, 1.165) is 25.3 Å². The molecule has 1 saturated heterocycles. The minimum Gasteiger partial charge on any atom is -0.474 e. The molecule has 5 nitrogen and oxygen atoms in total. The van der Waals surface area contributed by atoms with Crippen LogP contribution in [0.25, 0.3) is 0 Å². The Hall–Kier alpha value is -1.36. The summed E-state index contributed by atoms with van der Waals surface area (Å²) in [6.07, 6.45) is 4.68. The zero-order valence-electron chi connectivity index (χ0n) is 11.3. The van der Waals surface area contributed by atoms with Crippen LogP contribution in [0.5, 0.6) is 5.88 Å². The molecule has 1 aliphatic heterocycles. The number of nitrogens with two attached hydrogens (primary N) is 1. The van der Waals surface area contributed by atoms with Crippen molar-refractivity contribution in [2.24, 2.45) is 11.7 Å². The number of nitrogens with zero attached hydrogens (tertiary/aromatic N) is 3. The average molecular weight is 250 g/mol. The quantitative estimate of drug-likeness (QED) is 0.876. The van der Waals surface area contributed by atoms with Gasteiger partial charge in [0.2, 0.25) is 5.88 Å². The first kappa shape index (κ1) is 13.1. The highest BCUT2D eigenvalue weighted by atomic mass is 16.5. The Kier molecular flexibility index (Phi) is 4.01. The van der Waals surface area contributed by atoms with Crippen molar-refractivity contribution < 1.29 is 4.74 Å². The maximum absolute atomic E-state index is 5.74. The van der Waals surface area contributed by atoms with Gasteiger partial charge in [0.1, 0.15) is 0 Å². The maximum Gasteiger partial charge on any atom is 0.234 e. The lowest BCUT2D eigenvalue weighted by Gasteiger charge is -2.22. The molecule has 1 aromatic heterocycles. The lowest BCUT2D eigenvalue weighted by molar-refractivity contribution is 0.231. The van der Waals surface area contributed by atoms with E-state index in [4.69, 9.17) is 10.5 Å². The van der Waals surface area contributed by atoms with Gasteiger partial charge in [-0.1, -0.05) is 0 Å². The van der Waals surface area contributed by atoms with E-state index in [9.17, 15) is 0 Å². The van der Waals surface area contributed by atoms with Crippen LogP contribution in [0.15, 0.2) is 12.4 Å². The molecule has 2 N–H and O–H groups in total. The van der Waals surface area contributed by atoms with E-state index >= 15 is 0 Å². The molecule has 0 radical (unpaired) electrons. The van der Waals surface area contributed by atoms with Crippen molar-refractivity contribution in [3.8, 4) is 5.88 Å². The van der Waals surface area contributed by atoms with E-state index in [1.54, 1.807) is 12.4 Å². The summed E-state index contributed by atoms with van der Waals surface area (Å²) in [7, 11) is 0. The van der Waals surface area contributed by atoms with Crippen molar-refractivity contribution >= 4 is 5.82 Å². The molecule has 1 fully saturated rings. The van der Waals surface area contributed by atoms with Crippen LogP contribution in [-0.4, -0.2) is 35.2 Å². The molecule has 2 heterocycles. The first-order valence-electron chi connectivity index (χ1n) is 6.55. The molecule has 100 valence electrons. The molecule has 0 saturated carbocycles. The Morgan fingerprint density at radius 2 is 2.28 bits per heavy atom. The van der Waals surface area contributed by atoms with Crippen molar-refractivity contribution in [2.45, 2.75) is 39.3 Å². The minimum atomic E-state index is 0.113. The summed E-state index contributed by atoms with van der Waals surface area (Å²) in [5, 5.41) is 0. The Morgan fingerprint density at radius 1 is 1.50 bits per heavy atom. The zero-order chi connectivity index (χ0) is 13.1. The molecular weight excluding hydrogens is 228 g/mol. The molecule has 0 aromatic carbocycles. The van der Waals surface area contributed by atoms with Gasteiger partial charge >= 0.3 is 0 Å². The van der Waals surface area contributed by atoms with Crippen LogP contribution in [0.4, 0.5) is 5.82 Å². The summed E-state index contributed by atoms with van der Waals surface area (Å²) in [5.74, 6) is 2.03. The molecule has 0 spiro atoms. The third-order valence-corrected chi connectivity index (χ3v) is 3.25. The highest BCUT2D eigenvalue weighted by Crippen LogP contribution is 2.27. The number of aromatic nitrogens is 2. The van der Waals surface area contributed by atoms with E-state index in [-0.39, 0.29) is 6.10 Å². The fourth-order valence-corrected chi connectivity index (χ4v) is 2.41. The summed E-state index contributed by atoms with van der Waals surface area (Å²) in [5.41, 5.74) is 5.74. The van der Waals surface area contributed by atoms with Crippen LogP contribution >= 0.6 is 0 Å². The molecule has 2 unspecified atom stereocenters. The summed E-state index contributed by atoms with van der Waals surface area (Å²) >= 11 is 0. The lowest BCUT2D eigenvalue weighted by Crippen LogP contribution is -2.28. The smallest absolute Gasteiger partial charge is 0.234 e. The Balaban J connectivity index is 2.13. The van der Waals surface area contributed by atoms with E-state index in [1.807, 2.05) is 13.8 Å². The second-order valence-electron chi connectivity index (χ2n) is 5.22. The fraction of sp³-hybridized carbons (Fsp3) is 0.692. The van der Waals surface area contributed by atoms with Gasteiger partial charge in [0.15, 0.2) is 5.82 Å². The zero-order valence-corrected chi connectivity index (χ0v) is 11.3. The number of hydrogen-bond donors (Lipinski definition) is 1. The fourth-order valence-electron chi connectivity index (χ4n) is 2.41. The summed E-state index contributed by atoms with van der Waals surface area (Å²) in [4.78, 5) is 11.0. The summed E-state index contributed by atoms with van der Waals surface area (Å²) in [6, 6.07) is 0.460. The Labute approximate surface area is 108 Å². The van der Waals surface area contributed by atoms with Crippen LogP contribution in [-0.2, 0) is 0 Å². The van der Waals surface area contributed by atoms with Gasteiger partial charge in [-0.05, 0) is 39.7 Å². The van der Waals surface area contributed by atoms with Crippen molar-refractivity contribution in [1.29, 1.82) is 0 Å². The highest BCUT2D eigenvalue weighted by molar-refractivity contribution is 5.40. The minimum absolute atomic E-state index is 0.113. The largest absolute Gasteiger partial charge is 0.474 e. The summed E-state index contributed by atoms with van der Waals surface area (Å²) < 4.78 is 5.58. The second kappa shape index (κ2) is 5.52. The standard InChI is InChI=1S/C13H22N4O/c1-9(2)18-13-7-15-6-12(16-13)17-8-11(5-14)4-10(17)3/h6-7,9-11H,4-5,8,14H2,1-3H3. The lowest BCUT2D eigenvalue weighted by atomic mass is 10.1. The predicted octanol–water partition coefficient (Wildman–Crippen LogP) is 1.44. The van der Waals surface area contributed by atoms with Crippen molar-refractivity contribution in [1.82, 2.24) is 9.97 Å². The van der Waals surface area contributed by atoms with E-state index in [2.05, 4.69) is 21.8 Å². The third kappa shape index (κ3) is 2.90. The van der Waals surface area contributed by atoms with Gasteiger partial charge < -0.3 is 15.4 Å². The maximum atomic E-state index is 5.74. The molecule has 18 heavy (non-hydrogen) atoms. The SMILES string of the molecule is CC(C)Oc1cncc(N2CC(CN)CC2C)n1. The normalized spacial score (nSPS) is 23.7. The van der Waals surface area contributed by atoms with E-state index in [1.165, 1.54) is 0 Å². The molecule has 1 aromatic rings. The van der Waals surface area contributed by atoms with Gasteiger partial charge in [-0.3, -0.25) is 4.98 Å². The van der Waals surface area contributed by atoms with Crippen molar-refractivity contribution in [3.63, 3.8) is 0 Å². The number of ether oxygens (including phenoxy) is 1. The van der Waals surface area contributed by atoms with Gasteiger partial charge in [-0.2, -0.15) is 4.98 Å². The van der Waals surface area contributed by atoms with Gasteiger partial charge in [0.25, 0.3) is 0 Å². The van der Waals surface area contributed by atoms with Crippen LogP contribution in [0.2, 0.25) is 0 Å². The van der Waals surface area contributed by atoms with Gasteiger partial charge in [-0.25, -0.2) is 0 Å². The summed E-state index contributed by atoms with van der Waals surface area (Å²) in [6.45, 7) is 7.86. The molecule has 0 amide bonds. The van der Waals surface area contributed by atoms with Crippen LogP contribution in [0.1, 0.15) is 27.2 Å². The number of anilines is 1. The highest BCUT2D eigenvalue weighted by Gasteiger charge is 2.29. The molecule has 0 bridgehead atoms. The monoisotopic (exact) mass is 250 g/mol. The van der Waals surface area contributed by atoms with Crippen molar-refractivity contribution in [2.75, 3.05) is 18.0 Å². The van der Waals surface area contributed by atoms with E-state index in [0.29, 0.717) is 17.8 Å².